The van der Waals surface area contributed by atoms with Crippen molar-refractivity contribution in [3.63, 3.8) is 0 Å². The highest BCUT2D eigenvalue weighted by atomic mass is 32.1. The number of aliphatic carboxylic acids is 2. The molecule has 0 heterocycles. The second-order valence-corrected chi connectivity index (χ2v) is 10.0. The van der Waals surface area contributed by atoms with E-state index in [-0.39, 0.29) is 31.1 Å². The maximum Gasteiger partial charge on any atom is 0.327 e. The molecule has 0 saturated heterocycles. The van der Waals surface area contributed by atoms with Crippen molar-refractivity contribution in [3.8, 4) is 0 Å². The number of hydrogen-bond donors (Lipinski definition) is 12. The highest BCUT2D eigenvalue weighted by Gasteiger charge is 2.29. The fourth-order valence-corrected chi connectivity index (χ4v) is 3.72. The van der Waals surface area contributed by atoms with Crippen LogP contribution in [0.15, 0.2) is 4.99 Å². The van der Waals surface area contributed by atoms with E-state index < -0.39 is 84.6 Å². The zero-order valence-electron chi connectivity index (χ0n) is 24.4. The summed E-state index contributed by atoms with van der Waals surface area (Å²) in [6, 6.07) is -6.34. The quantitative estimate of drug-likeness (QED) is 0.0227. The van der Waals surface area contributed by atoms with Crippen LogP contribution in [0, 0.1) is 0 Å². The molecule has 0 aromatic carbocycles. The number of aliphatic imine (C=N–C) groups is 1. The van der Waals surface area contributed by atoms with E-state index in [1.807, 2.05) is 0 Å². The SMILES string of the molecule is C[C@H](NC(=O)[C@H](CC(=O)O)NC(=O)CNC(=O)[C@H](CCCN=C(N)N)NC(=O)[C@@H](N)CCCCN)C(=O)N[C@@H](CS)C(=O)O. The highest BCUT2D eigenvalue weighted by Crippen LogP contribution is 2.03. The summed E-state index contributed by atoms with van der Waals surface area (Å²) in [6.07, 6.45) is 1.06. The first kappa shape index (κ1) is 39.8. The molecule has 0 aliphatic heterocycles. The number of nitrogens with two attached hydrogens (primary N) is 4. The molecule has 20 heteroatoms. The molecule has 0 fully saturated rings. The summed E-state index contributed by atoms with van der Waals surface area (Å²) in [5.41, 5.74) is 21.9. The lowest BCUT2D eigenvalue weighted by Crippen LogP contribution is -2.56. The number of carbonyl (C=O) groups excluding carboxylic acids is 5. The summed E-state index contributed by atoms with van der Waals surface area (Å²) >= 11 is 3.82. The summed E-state index contributed by atoms with van der Waals surface area (Å²) in [5.74, 6) is -7.48. The van der Waals surface area contributed by atoms with E-state index in [0.717, 1.165) is 0 Å². The molecule has 0 aliphatic rings. The van der Waals surface area contributed by atoms with Gasteiger partial charge in [-0.25, -0.2) is 4.79 Å². The second-order valence-electron chi connectivity index (χ2n) is 9.65. The van der Waals surface area contributed by atoms with Crippen LogP contribution < -0.4 is 49.5 Å². The molecule has 19 nitrogen and oxygen atoms in total. The number of carboxylic acid groups (broad SMARTS) is 2. The molecular formula is C24H44N10O9S. The lowest BCUT2D eigenvalue weighted by atomic mass is 10.1. The number of nitrogens with zero attached hydrogens (tertiary/aromatic N) is 1. The van der Waals surface area contributed by atoms with Crippen LogP contribution in [-0.2, 0) is 33.6 Å². The van der Waals surface area contributed by atoms with E-state index in [1.54, 1.807) is 0 Å². The first-order chi connectivity index (χ1) is 20.6. The predicted molar refractivity (Wildman–Crippen MR) is 161 cm³/mol. The number of thiol groups is 1. The zero-order chi connectivity index (χ0) is 33.8. The molecule has 15 N–H and O–H groups in total. The standard InChI is InChI=1S/C24H44N10O9S/c1-12(19(38)34-16(11-44)23(42)43)31-22(41)15(9-18(36)37)32-17(35)10-30-21(40)14(6-4-8-29-24(27)28)33-20(39)13(26)5-2-3-7-25/h12-16,44H,2-11,25-26H2,1H3,(H,30,40)(H,31,41)(H,32,35)(H,33,39)(H,34,38)(H,36,37)(H,42,43)(H4,27,28,29)/t12-,13-,14-,15-,16-/m0/s1. The number of carbonyl (C=O) groups is 7. The zero-order valence-corrected chi connectivity index (χ0v) is 25.3. The van der Waals surface area contributed by atoms with Gasteiger partial charge in [0.15, 0.2) is 5.96 Å². The Morgan fingerprint density at radius 2 is 1.43 bits per heavy atom. The van der Waals surface area contributed by atoms with Crippen LogP contribution in [0.5, 0.6) is 0 Å². The molecule has 0 aromatic heterocycles. The van der Waals surface area contributed by atoms with Crippen LogP contribution in [0.3, 0.4) is 0 Å². The Morgan fingerprint density at radius 3 is 1.98 bits per heavy atom. The van der Waals surface area contributed by atoms with Gasteiger partial charge < -0.3 is 59.7 Å². The first-order valence-electron chi connectivity index (χ1n) is 13.7. The van der Waals surface area contributed by atoms with Crippen molar-refractivity contribution in [2.24, 2.45) is 27.9 Å². The summed E-state index contributed by atoms with van der Waals surface area (Å²) in [6.45, 7) is 1.10. The molecule has 5 amide bonds. The highest BCUT2D eigenvalue weighted by molar-refractivity contribution is 7.80. The summed E-state index contributed by atoms with van der Waals surface area (Å²) in [7, 11) is 0. The van der Waals surface area contributed by atoms with Gasteiger partial charge in [0.2, 0.25) is 29.5 Å². The molecule has 0 rings (SSSR count). The molecule has 0 saturated carbocycles. The number of rotatable bonds is 22. The lowest BCUT2D eigenvalue weighted by molar-refractivity contribution is -0.142. The minimum absolute atomic E-state index is 0.0748. The van der Waals surface area contributed by atoms with Gasteiger partial charge in [-0.1, -0.05) is 6.42 Å². The Kier molecular flexibility index (Phi) is 19.5. The van der Waals surface area contributed by atoms with Gasteiger partial charge in [0.05, 0.1) is 19.0 Å². The third kappa shape index (κ3) is 17.1. The van der Waals surface area contributed by atoms with Crippen molar-refractivity contribution in [3.05, 3.63) is 0 Å². The molecule has 0 radical (unpaired) electrons. The smallest absolute Gasteiger partial charge is 0.327 e. The predicted octanol–water partition coefficient (Wildman–Crippen LogP) is -4.94. The number of amides is 5. The van der Waals surface area contributed by atoms with E-state index in [1.165, 1.54) is 6.92 Å². The molecule has 44 heavy (non-hydrogen) atoms. The summed E-state index contributed by atoms with van der Waals surface area (Å²) in [5, 5.41) is 29.6. The Hall–Kier alpha value is -4.17. The van der Waals surface area contributed by atoms with Crippen LogP contribution in [0.2, 0.25) is 0 Å². The van der Waals surface area contributed by atoms with Gasteiger partial charge >= 0.3 is 11.9 Å². The monoisotopic (exact) mass is 648 g/mol. The van der Waals surface area contributed by atoms with Crippen molar-refractivity contribution in [1.82, 2.24) is 26.6 Å². The van der Waals surface area contributed by atoms with Gasteiger partial charge in [-0.2, -0.15) is 12.6 Å². The van der Waals surface area contributed by atoms with E-state index in [2.05, 4.69) is 44.2 Å². The third-order valence-electron chi connectivity index (χ3n) is 5.89. The minimum Gasteiger partial charge on any atom is -0.481 e. The van der Waals surface area contributed by atoms with Gasteiger partial charge in [-0.3, -0.25) is 33.8 Å². The van der Waals surface area contributed by atoms with Crippen LogP contribution in [-0.4, -0.2) is 113 Å². The Labute approximate surface area is 259 Å². The number of guanidine groups is 1. The second kappa shape index (κ2) is 21.5. The first-order valence-corrected chi connectivity index (χ1v) is 14.3. The van der Waals surface area contributed by atoms with Crippen LogP contribution >= 0.6 is 12.6 Å². The number of hydrogen-bond acceptors (Lipinski definition) is 11. The Balaban J connectivity index is 5.32. The number of nitrogens with one attached hydrogen (secondary N) is 5. The molecule has 0 unspecified atom stereocenters. The lowest BCUT2D eigenvalue weighted by Gasteiger charge is -2.22. The van der Waals surface area contributed by atoms with Crippen molar-refractivity contribution in [2.45, 2.75) is 75.7 Å². The van der Waals surface area contributed by atoms with Crippen LogP contribution in [0.4, 0.5) is 0 Å². The van der Waals surface area contributed by atoms with Crippen molar-refractivity contribution in [1.29, 1.82) is 0 Å². The fourth-order valence-electron chi connectivity index (χ4n) is 3.47. The normalized spacial score (nSPS) is 14.0. The van der Waals surface area contributed by atoms with Gasteiger partial charge in [-0.05, 0) is 39.2 Å². The Bertz CT molecular complexity index is 1040. The molecule has 0 spiro atoms. The average Bonchev–Trinajstić information content (AvgIpc) is 2.94. The molecule has 0 aliphatic carbocycles. The van der Waals surface area contributed by atoms with Crippen LogP contribution in [0.1, 0.15) is 45.4 Å². The molecule has 0 aromatic rings. The van der Waals surface area contributed by atoms with Gasteiger partial charge in [0.1, 0.15) is 24.2 Å². The van der Waals surface area contributed by atoms with E-state index >= 15 is 0 Å². The average molecular weight is 649 g/mol. The molecule has 5 atom stereocenters. The van der Waals surface area contributed by atoms with Crippen molar-refractivity contribution < 1.29 is 43.8 Å². The largest absolute Gasteiger partial charge is 0.481 e. The van der Waals surface area contributed by atoms with Gasteiger partial charge in [0, 0.05) is 12.3 Å². The van der Waals surface area contributed by atoms with Gasteiger partial charge in [0.25, 0.3) is 0 Å². The maximum atomic E-state index is 12.9. The Morgan fingerprint density at radius 1 is 0.795 bits per heavy atom. The van der Waals surface area contributed by atoms with Crippen molar-refractivity contribution >= 4 is 60.1 Å². The van der Waals surface area contributed by atoms with E-state index in [4.69, 9.17) is 28.0 Å². The molecule has 0 bridgehead atoms. The van der Waals surface area contributed by atoms with Crippen molar-refractivity contribution in [2.75, 3.05) is 25.4 Å². The summed E-state index contributed by atoms with van der Waals surface area (Å²) < 4.78 is 0. The summed E-state index contributed by atoms with van der Waals surface area (Å²) in [4.78, 5) is 89.0. The topological polar surface area (TPSA) is 337 Å². The van der Waals surface area contributed by atoms with E-state index in [9.17, 15) is 38.7 Å². The fraction of sp³-hybridized carbons (Fsp3) is 0.667. The molecular weight excluding hydrogens is 604 g/mol. The van der Waals surface area contributed by atoms with E-state index in [0.29, 0.717) is 25.8 Å². The number of carboxylic acids is 2. The maximum absolute atomic E-state index is 12.9. The van der Waals surface area contributed by atoms with Gasteiger partial charge in [-0.15, -0.1) is 0 Å². The minimum atomic E-state index is -1.66. The third-order valence-corrected chi connectivity index (χ3v) is 6.25. The number of unbranched alkanes of at least 4 members (excludes halogenated alkanes) is 1. The van der Waals surface area contributed by atoms with Crippen LogP contribution in [0.25, 0.3) is 0 Å². The molecule has 250 valence electrons.